The summed E-state index contributed by atoms with van der Waals surface area (Å²) in [6.07, 6.45) is 2.11. The van der Waals surface area contributed by atoms with Crippen molar-refractivity contribution in [3.63, 3.8) is 0 Å². The van der Waals surface area contributed by atoms with Crippen LogP contribution in [0.25, 0.3) is 0 Å². The van der Waals surface area contributed by atoms with Gasteiger partial charge in [0, 0.05) is 51.6 Å². The molecule has 2 aliphatic rings. The quantitative estimate of drug-likeness (QED) is 0.863. The fourth-order valence-corrected chi connectivity index (χ4v) is 3.61. The van der Waals surface area contributed by atoms with Crippen LogP contribution < -0.4 is 0 Å². The van der Waals surface area contributed by atoms with Gasteiger partial charge in [0.25, 0.3) is 5.91 Å². The van der Waals surface area contributed by atoms with E-state index < -0.39 is 0 Å². The van der Waals surface area contributed by atoms with E-state index in [9.17, 15) is 9.59 Å². The third-order valence-corrected chi connectivity index (χ3v) is 5.04. The largest absolute Gasteiger partial charge is 0.455 e. The standard InChI is InChI=1S/C20H22N2O3/c23-17-7-4-8-18-16(17)13-19(25-18)20(24)22-11-9-21(10-12-22)14-15-5-2-1-3-6-15/h1-3,5-6,13H,4,7-12,14H2. The molecule has 5 nitrogen and oxygen atoms in total. The molecule has 130 valence electrons. The summed E-state index contributed by atoms with van der Waals surface area (Å²) in [6, 6.07) is 12.0. The van der Waals surface area contributed by atoms with Crippen LogP contribution in [0, 0.1) is 0 Å². The average Bonchev–Trinajstić information content (AvgIpc) is 3.08. The minimum absolute atomic E-state index is 0.0942. The van der Waals surface area contributed by atoms with E-state index in [1.54, 1.807) is 6.07 Å². The zero-order valence-electron chi connectivity index (χ0n) is 14.2. The Kier molecular flexibility index (Phi) is 4.40. The zero-order valence-corrected chi connectivity index (χ0v) is 14.2. The maximum Gasteiger partial charge on any atom is 0.289 e. The Bertz CT molecular complexity index is 773. The summed E-state index contributed by atoms with van der Waals surface area (Å²) in [4.78, 5) is 28.8. The van der Waals surface area contributed by atoms with Gasteiger partial charge in [-0.05, 0) is 12.0 Å². The molecule has 25 heavy (non-hydrogen) atoms. The first-order chi connectivity index (χ1) is 12.2. The van der Waals surface area contributed by atoms with Crippen LogP contribution in [-0.2, 0) is 13.0 Å². The van der Waals surface area contributed by atoms with Crippen LogP contribution in [-0.4, -0.2) is 47.7 Å². The molecule has 0 saturated carbocycles. The Balaban J connectivity index is 1.37. The Labute approximate surface area is 147 Å². The summed E-state index contributed by atoms with van der Waals surface area (Å²) in [6.45, 7) is 3.97. The summed E-state index contributed by atoms with van der Waals surface area (Å²) in [5.41, 5.74) is 1.90. The van der Waals surface area contributed by atoms with Crippen molar-refractivity contribution in [1.82, 2.24) is 9.80 Å². The monoisotopic (exact) mass is 338 g/mol. The van der Waals surface area contributed by atoms with Gasteiger partial charge in [-0.3, -0.25) is 14.5 Å². The topological polar surface area (TPSA) is 53.8 Å². The number of carbonyl (C=O) groups excluding carboxylic acids is 2. The number of hydrogen-bond acceptors (Lipinski definition) is 4. The first-order valence-electron chi connectivity index (χ1n) is 8.92. The highest BCUT2D eigenvalue weighted by Crippen LogP contribution is 2.25. The molecule has 0 N–H and O–H groups in total. The van der Waals surface area contributed by atoms with Crippen molar-refractivity contribution in [2.24, 2.45) is 0 Å². The van der Waals surface area contributed by atoms with Crippen molar-refractivity contribution in [3.05, 3.63) is 59.0 Å². The van der Waals surface area contributed by atoms with Crippen LogP contribution in [0.5, 0.6) is 0 Å². The van der Waals surface area contributed by atoms with E-state index in [4.69, 9.17) is 4.42 Å². The number of carbonyl (C=O) groups is 2. The number of nitrogens with zero attached hydrogens (tertiary/aromatic N) is 2. The van der Waals surface area contributed by atoms with Gasteiger partial charge in [-0.1, -0.05) is 30.3 Å². The third kappa shape index (κ3) is 3.37. The maximum absolute atomic E-state index is 12.7. The first-order valence-corrected chi connectivity index (χ1v) is 8.92. The number of rotatable bonds is 3. The summed E-state index contributed by atoms with van der Waals surface area (Å²) in [5.74, 6) is 0.998. The molecule has 0 atom stereocenters. The van der Waals surface area contributed by atoms with Crippen LogP contribution in [0.4, 0.5) is 0 Å². The van der Waals surface area contributed by atoms with Gasteiger partial charge in [0.2, 0.25) is 0 Å². The van der Waals surface area contributed by atoms with E-state index in [1.165, 1.54) is 5.56 Å². The molecule has 0 bridgehead atoms. The predicted molar refractivity (Wildman–Crippen MR) is 93.6 cm³/mol. The smallest absolute Gasteiger partial charge is 0.289 e. The molecule has 1 aromatic heterocycles. The Morgan fingerprint density at radius 1 is 1.04 bits per heavy atom. The van der Waals surface area contributed by atoms with E-state index in [2.05, 4.69) is 29.2 Å². The molecular weight excluding hydrogens is 316 g/mol. The Morgan fingerprint density at radius 2 is 1.80 bits per heavy atom. The van der Waals surface area contributed by atoms with Crippen LogP contribution >= 0.6 is 0 Å². The normalized spacial score (nSPS) is 18.2. The van der Waals surface area contributed by atoms with Crippen molar-refractivity contribution >= 4 is 11.7 Å². The van der Waals surface area contributed by atoms with Gasteiger partial charge in [0.1, 0.15) is 5.76 Å². The average molecular weight is 338 g/mol. The molecule has 2 aromatic rings. The molecule has 1 aliphatic carbocycles. The Morgan fingerprint density at radius 3 is 2.52 bits per heavy atom. The summed E-state index contributed by atoms with van der Waals surface area (Å²) < 4.78 is 5.69. The van der Waals surface area contributed by atoms with Crippen LogP contribution in [0.1, 0.15) is 45.1 Å². The lowest BCUT2D eigenvalue weighted by molar-refractivity contribution is 0.0595. The van der Waals surface area contributed by atoms with Gasteiger partial charge in [-0.2, -0.15) is 0 Å². The number of benzene rings is 1. The van der Waals surface area contributed by atoms with Crippen molar-refractivity contribution in [3.8, 4) is 0 Å². The van der Waals surface area contributed by atoms with Crippen molar-refractivity contribution < 1.29 is 14.0 Å². The number of piperazine rings is 1. The van der Waals surface area contributed by atoms with Gasteiger partial charge in [-0.15, -0.1) is 0 Å². The second-order valence-electron chi connectivity index (χ2n) is 6.78. The lowest BCUT2D eigenvalue weighted by Gasteiger charge is -2.34. The summed E-state index contributed by atoms with van der Waals surface area (Å²) in [5, 5.41) is 0. The van der Waals surface area contributed by atoms with Crippen molar-refractivity contribution in [1.29, 1.82) is 0 Å². The molecule has 4 rings (SSSR count). The summed E-state index contributed by atoms with van der Waals surface area (Å²) in [7, 11) is 0. The van der Waals surface area contributed by atoms with E-state index in [-0.39, 0.29) is 11.7 Å². The highest BCUT2D eigenvalue weighted by Gasteiger charge is 2.28. The molecule has 0 radical (unpaired) electrons. The van der Waals surface area contributed by atoms with Crippen LogP contribution in [0.2, 0.25) is 0 Å². The lowest BCUT2D eigenvalue weighted by Crippen LogP contribution is -2.48. The molecular formula is C20H22N2O3. The van der Waals surface area contributed by atoms with Gasteiger partial charge in [0.15, 0.2) is 11.5 Å². The number of Topliss-reactive ketones (excluding diaryl/α,β-unsaturated/α-hetero) is 1. The van der Waals surface area contributed by atoms with Crippen LogP contribution in [0.3, 0.4) is 0 Å². The third-order valence-electron chi connectivity index (χ3n) is 5.04. The predicted octanol–water partition coefficient (Wildman–Crippen LogP) is 2.76. The van der Waals surface area contributed by atoms with E-state index in [0.29, 0.717) is 36.6 Å². The molecule has 1 aromatic carbocycles. The highest BCUT2D eigenvalue weighted by atomic mass is 16.4. The number of furan rings is 1. The van der Waals surface area contributed by atoms with Crippen LogP contribution in [0.15, 0.2) is 40.8 Å². The minimum atomic E-state index is -0.0958. The number of amides is 1. The molecule has 1 aliphatic heterocycles. The second kappa shape index (κ2) is 6.84. The van der Waals surface area contributed by atoms with Gasteiger partial charge in [0.05, 0.1) is 5.56 Å². The maximum atomic E-state index is 12.7. The van der Waals surface area contributed by atoms with Crippen molar-refractivity contribution in [2.75, 3.05) is 26.2 Å². The zero-order chi connectivity index (χ0) is 17.2. The molecule has 0 unspecified atom stereocenters. The molecule has 2 heterocycles. The summed E-state index contributed by atoms with van der Waals surface area (Å²) >= 11 is 0. The fourth-order valence-electron chi connectivity index (χ4n) is 3.61. The molecule has 5 heteroatoms. The minimum Gasteiger partial charge on any atom is -0.455 e. The molecule has 1 amide bonds. The van der Waals surface area contributed by atoms with Gasteiger partial charge >= 0.3 is 0 Å². The second-order valence-corrected chi connectivity index (χ2v) is 6.78. The fraction of sp³-hybridized carbons (Fsp3) is 0.400. The number of ketones is 1. The van der Waals surface area contributed by atoms with Crippen molar-refractivity contribution in [2.45, 2.75) is 25.8 Å². The van der Waals surface area contributed by atoms with E-state index in [0.717, 1.165) is 32.5 Å². The highest BCUT2D eigenvalue weighted by molar-refractivity contribution is 6.01. The molecule has 1 fully saturated rings. The first kappa shape index (κ1) is 16.1. The van der Waals surface area contributed by atoms with E-state index >= 15 is 0 Å². The number of aryl methyl sites for hydroxylation is 1. The Hall–Kier alpha value is -2.40. The van der Waals surface area contributed by atoms with Gasteiger partial charge in [-0.25, -0.2) is 0 Å². The molecule has 1 saturated heterocycles. The number of fused-ring (bicyclic) bond motifs is 1. The SMILES string of the molecule is O=C1CCCc2oc(C(=O)N3CCN(Cc4ccccc4)CC3)cc21. The van der Waals surface area contributed by atoms with Gasteiger partial charge < -0.3 is 9.32 Å². The molecule has 0 spiro atoms. The lowest BCUT2D eigenvalue weighted by atomic mass is 9.97. The van der Waals surface area contributed by atoms with E-state index in [1.807, 2.05) is 11.0 Å². The number of hydrogen-bond donors (Lipinski definition) is 0.